The van der Waals surface area contributed by atoms with Crippen molar-refractivity contribution >= 4 is 0 Å². The van der Waals surface area contributed by atoms with Crippen molar-refractivity contribution in [2.75, 3.05) is 13.2 Å². The lowest BCUT2D eigenvalue weighted by atomic mass is 9.56. The lowest BCUT2D eigenvalue weighted by Crippen LogP contribution is -2.55. The van der Waals surface area contributed by atoms with Crippen LogP contribution in [0.15, 0.2) is 23.8 Å². The highest BCUT2D eigenvalue weighted by atomic mass is 16.5. The van der Waals surface area contributed by atoms with Crippen molar-refractivity contribution in [1.82, 2.24) is 0 Å². The van der Waals surface area contributed by atoms with E-state index in [1.807, 2.05) is 6.92 Å². The largest absolute Gasteiger partial charge is 0.396 e. The highest BCUT2D eigenvalue weighted by Crippen LogP contribution is 2.52. The highest BCUT2D eigenvalue weighted by Gasteiger charge is 2.52. The third kappa shape index (κ3) is 1.78. The van der Waals surface area contributed by atoms with Gasteiger partial charge in [-0.2, -0.15) is 0 Å². The molecule has 1 heterocycles. The van der Waals surface area contributed by atoms with Crippen LogP contribution in [0.3, 0.4) is 0 Å². The molecule has 17 heavy (non-hydrogen) atoms. The summed E-state index contributed by atoms with van der Waals surface area (Å²) in [6.45, 7) is 9.59. The fourth-order valence-electron chi connectivity index (χ4n) is 3.70. The summed E-state index contributed by atoms with van der Waals surface area (Å²) in [5.74, 6) is 1.29. The van der Waals surface area contributed by atoms with Gasteiger partial charge >= 0.3 is 0 Å². The molecule has 2 aliphatic rings. The lowest BCUT2D eigenvalue weighted by molar-refractivity contribution is -0.148. The van der Waals surface area contributed by atoms with E-state index in [1.54, 1.807) is 0 Å². The molecule has 0 radical (unpaired) electrons. The number of ether oxygens (including phenoxy) is 1. The first-order chi connectivity index (χ1) is 8.06. The van der Waals surface area contributed by atoms with Crippen molar-refractivity contribution in [2.24, 2.45) is 23.2 Å². The Morgan fingerprint density at radius 2 is 2.24 bits per heavy atom. The fourth-order valence-corrected chi connectivity index (χ4v) is 3.70. The Morgan fingerprint density at radius 1 is 1.53 bits per heavy atom. The molecule has 0 aromatic carbocycles. The summed E-state index contributed by atoms with van der Waals surface area (Å²) in [4.78, 5) is 0. The molecule has 1 fully saturated rings. The predicted octanol–water partition coefficient (Wildman–Crippen LogP) is 2.79. The van der Waals surface area contributed by atoms with Crippen LogP contribution in [-0.2, 0) is 4.74 Å². The van der Waals surface area contributed by atoms with Crippen molar-refractivity contribution in [2.45, 2.75) is 33.8 Å². The first-order valence-corrected chi connectivity index (χ1v) is 6.60. The normalized spacial score (nSPS) is 46.1. The maximum atomic E-state index is 9.81. The molecule has 2 bridgehead atoms. The van der Waals surface area contributed by atoms with E-state index in [-0.39, 0.29) is 18.1 Å². The zero-order valence-corrected chi connectivity index (χ0v) is 11.3. The second kappa shape index (κ2) is 4.58. The minimum Gasteiger partial charge on any atom is -0.396 e. The van der Waals surface area contributed by atoms with Gasteiger partial charge < -0.3 is 9.84 Å². The fraction of sp³-hybridized carbons (Fsp3) is 0.733. The van der Waals surface area contributed by atoms with E-state index in [9.17, 15) is 5.11 Å². The van der Waals surface area contributed by atoms with Crippen LogP contribution in [0.1, 0.15) is 27.7 Å². The van der Waals surface area contributed by atoms with Crippen LogP contribution in [0.5, 0.6) is 0 Å². The van der Waals surface area contributed by atoms with E-state index < -0.39 is 0 Å². The average Bonchev–Trinajstić information content (AvgIpc) is 2.28. The maximum absolute atomic E-state index is 9.81. The lowest BCUT2D eigenvalue weighted by Gasteiger charge is -2.54. The Labute approximate surface area is 104 Å². The summed E-state index contributed by atoms with van der Waals surface area (Å²) >= 11 is 0. The quantitative estimate of drug-likeness (QED) is 0.747. The molecule has 2 rings (SSSR count). The standard InChI is InChI=1S/C15H24O2/c1-5-6-13-14-10(2)7-11(3)15(8-16,9-17-13)12(14)4/h5-7,11-14,16H,8-9H2,1-4H3/b6-5+/t11-,12+,13-,14+,15-/m1/s1. The minimum absolute atomic E-state index is 0.0811. The van der Waals surface area contributed by atoms with Gasteiger partial charge in [0.05, 0.1) is 19.3 Å². The molecule has 1 aliphatic carbocycles. The number of rotatable bonds is 2. The number of hydrogen-bond donors (Lipinski definition) is 1. The molecular formula is C15H24O2. The van der Waals surface area contributed by atoms with Crippen LogP contribution in [0.2, 0.25) is 0 Å². The van der Waals surface area contributed by atoms with Crippen LogP contribution < -0.4 is 0 Å². The van der Waals surface area contributed by atoms with Gasteiger partial charge in [0.15, 0.2) is 0 Å². The highest BCUT2D eigenvalue weighted by molar-refractivity contribution is 5.22. The van der Waals surface area contributed by atoms with Crippen LogP contribution in [0.25, 0.3) is 0 Å². The summed E-state index contributed by atoms with van der Waals surface area (Å²) in [5, 5.41) is 9.81. The van der Waals surface area contributed by atoms with Gasteiger partial charge in [-0.05, 0) is 25.7 Å². The molecule has 0 aromatic rings. The summed E-state index contributed by atoms with van der Waals surface area (Å²) < 4.78 is 6.00. The van der Waals surface area contributed by atoms with Crippen molar-refractivity contribution in [3.8, 4) is 0 Å². The second-order valence-electron chi connectivity index (χ2n) is 5.71. The molecule has 0 spiro atoms. The number of allylic oxidation sites excluding steroid dienone is 2. The zero-order chi connectivity index (χ0) is 12.6. The Balaban J connectivity index is 2.40. The number of hydrogen-bond acceptors (Lipinski definition) is 2. The van der Waals surface area contributed by atoms with Gasteiger partial charge in [-0.25, -0.2) is 0 Å². The average molecular weight is 236 g/mol. The minimum atomic E-state index is -0.0811. The molecule has 1 N–H and O–H groups in total. The second-order valence-corrected chi connectivity index (χ2v) is 5.71. The molecule has 5 atom stereocenters. The first kappa shape index (κ1) is 12.8. The Bertz CT molecular complexity index is 345. The molecule has 0 amide bonds. The van der Waals surface area contributed by atoms with Crippen molar-refractivity contribution in [3.63, 3.8) is 0 Å². The van der Waals surface area contributed by atoms with E-state index >= 15 is 0 Å². The molecular weight excluding hydrogens is 212 g/mol. The summed E-state index contributed by atoms with van der Waals surface area (Å²) in [7, 11) is 0. The van der Waals surface area contributed by atoms with Crippen molar-refractivity contribution in [1.29, 1.82) is 0 Å². The molecule has 0 unspecified atom stereocenters. The molecule has 0 aromatic heterocycles. The SMILES string of the molecule is C/C=C/[C@H]1OC[C@]2(CO)[C@H](C)C=C(C)[C@H]1[C@@H]2C. The van der Waals surface area contributed by atoms with E-state index in [0.29, 0.717) is 24.4 Å². The Hall–Kier alpha value is -0.600. The zero-order valence-electron chi connectivity index (χ0n) is 11.3. The van der Waals surface area contributed by atoms with Gasteiger partial charge in [0.2, 0.25) is 0 Å². The van der Waals surface area contributed by atoms with E-state index in [2.05, 4.69) is 39.0 Å². The van der Waals surface area contributed by atoms with Gasteiger partial charge in [-0.3, -0.25) is 0 Å². The van der Waals surface area contributed by atoms with Crippen molar-refractivity contribution in [3.05, 3.63) is 23.8 Å². The van der Waals surface area contributed by atoms with E-state index in [4.69, 9.17) is 4.74 Å². The summed E-state index contributed by atoms with van der Waals surface area (Å²) in [6.07, 6.45) is 6.73. The van der Waals surface area contributed by atoms with Gasteiger partial charge in [0.1, 0.15) is 0 Å². The Morgan fingerprint density at radius 3 is 2.82 bits per heavy atom. The number of aliphatic hydroxyl groups excluding tert-OH is 1. The van der Waals surface area contributed by atoms with E-state index in [0.717, 1.165) is 0 Å². The number of fused-ring (bicyclic) bond motifs is 2. The van der Waals surface area contributed by atoms with Gasteiger partial charge in [-0.1, -0.05) is 37.6 Å². The predicted molar refractivity (Wildman–Crippen MR) is 69.6 cm³/mol. The third-order valence-electron chi connectivity index (χ3n) is 4.97. The smallest absolute Gasteiger partial charge is 0.0823 e. The monoisotopic (exact) mass is 236 g/mol. The maximum Gasteiger partial charge on any atom is 0.0823 e. The summed E-state index contributed by atoms with van der Waals surface area (Å²) in [5.41, 5.74) is 1.33. The molecule has 2 heteroatoms. The molecule has 1 aliphatic heterocycles. The molecule has 0 saturated carbocycles. The van der Waals surface area contributed by atoms with Crippen LogP contribution in [-0.4, -0.2) is 24.4 Å². The van der Waals surface area contributed by atoms with Crippen LogP contribution in [0, 0.1) is 23.2 Å². The number of aliphatic hydroxyl groups is 1. The molecule has 1 saturated heterocycles. The topological polar surface area (TPSA) is 29.5 Å². The molecule has 2 nitrogen and oxygen atoms in total. The van der Waals surface area contributed by atoms with Crippen LogP contribution >= 0.6 is 0 Å². The van der Waals surface area contributed by atoms with Gasteiger partial charge in [-0.15, -0.1) is 0 Å². The summed E-state index contributed by atoms with van der Waals surface area (Å²) in [6, 6.07) is 0. The van der Waals surface area contributed by atoms with E-state index in [1.165, 1.54) is 5.57 Å². The van der Waals surface area contributed by atoms with Gasteiger partial charge in [0.25, 0.3) is 0 Å². The van der Waals surface area contributed by atoms with Gasteiger partial charge in [0, 0.05) is 11.3 Å². The Kier molecular flexibility index (Phi) is 3.46. The first-order valence-electron chi connectivity index (χ1n) is 6.60. The molecule has 96 valence electrons. The van der Waals surface area contributed by atoms with Crippen molar-refractivity contribution < 1.29 is 9.84 Å². The van der Waals surface area contributed by atoms with Crippen LogP contribution in [0.4, 0.5) is 0 Å². The third-order valence-corrected chi connectivity index (χ3v) is 4.97.